The molecule has 0 heterocycles. The Hall–Kier alpha value is -2.60. The molecular weight excluding hydrogens is 342 g/mol. The van der Waals surface area contributed by atoms with Gasteiger partial charge in [-0.15, -0.1) is 0 Å². The molecule has 0 unspecified atom stereocenters. The summed E-state index contributed by atoms with van der Waals surface area (Å²) in [5, 5.41) is 17.7. The SMILES string of the molecule is CC(C)CNC(=O)c1ccc(NCc2ccccc2Cl)c([N+](=O)[O-])c1. The Bertz CT molecular complexity index is 778. The maximum Gasteiger partial charge on any atom is 0.293 e. The van der Waals surface area contributed by atoms with E-state index >= 15 is 0 Å². The molecule has 2 N–H and O–H groups in total. The van der Waals surface area contributed by atoms with Crippen LogP contribution < -0.4 is 10.6 Å². The summed E-state index contributed by atoms with van der Waals surface area (Å²) in [5.41, 5.74) is 1.28. The van der Waals surface area contributed by atoms with Gasteiger partial charge in [0.2, 0.25) is 0 Å². The van der Waals surface area contributed by atoms with Crippen LogP contribution in [0.5, 0.6) is 0 Å². The van der Waals surface area contributed by atoms with Crippen LogP contribution in [0.3, 0.4) is 0 Å². The number of hydrogen-bond acceptors (Lipinski definition) is 4. The number of benzene rings is 2. The standard InChI is InChI=1S/C18H20ClN3O3/c1-12(2)10-21-18(23)13-7-8-16(17(9-13)22(24)25)20-11-14-5-3-4-6-15(14)19/h3-9,12,20H,10-11H2,1-2H3,(H,21,23). The molecule has 2 aromatic carbocycles. The summed E-state index contributed by atoms with van der Waals surface area (Å²) < 4.78 is 0. The molecule has 0 aromatic heterocycles. The highest BCUT2D eigenvalue weighted by Crippen LogP contribution is 2.27. The van der Waals surface area contributed by atoms with Crippen molar-refractivity contribution in [1.29, 1.82) is 0 Å². The van der Waals surface area contributed by atoms with Gasteiger partial charge in [0.05, 0.1) is 4.92 Å². The minimum absolute atomic E-state index is 0.149. The van der Waals surface area contributed by atoms with Crippen molar-refractivity contribution in [1.82, 2.24) is 5.32 Å². The van der Waals surface area contributed by atoms with Gasteiger partial charge in [0, 0.05) is 29.7 Å². The van der Waals surface area contributed by atoms with E-state index in [-0.39, 0.29) is 17.2 Å². The number of hydrogen-bond donors (Lipinski definition) is 2. The van der Waals surface area contributed by atoms with E-state index in [1.807, 2.05) is 32.0 Å². The Morgan fingerprint density at radius 3 is 2.60 bits per heavy atom. The third kappa shape index (κ3) is 5.19. The number of nitro groups is 1. The van der Waals surface area contributed by atoms with E-state index in [1.54, 1.807) is 18.2 Å². The predicted octanol–water partition coefficient (Wildman–Crippen LogP) is 4.25. The molecule has 2 aromatic rings. The maximum atomic E-state index is 12.1. The average molecular weight is 362 g/mol. The van der Waals surface area contributed by atoms with Crippen molar-refractivity contribution in [2.75, 3.05) is 11.9 Å². The first-order valence-corrected chi connectivity index (χ1v) is 8.30. The van der Waals surface area contributed by atoms with Gasteiger partial charge in [0.25, 0.3) is 11.6 Å². The molecule has 0 fully saturated rings. The van der Waals surface area contributed by atoms with E-state index in [4.69, 9.17) is 11.6 Å². The fourth-order valence-corrected chi connectivity index (χ4v) is 2.41. The van der Waals surface area contributed by atoms with E-state index in [9.17, 15) is 14.9 Å². The van der Waals surface area contributed by atoms with Crippen LogP contribution in [0.4, 0.5) is 11.4 Å². The van der Waals surface area contributed by atoms with Crippen LogP contribution in [0.1, 0.15) is 29.8 Å². The van der Waals surface area contributed by atoms with Crippen molar-refractivity contribution < 1.29 is 9.72 Å². The first-order valence-electron chi connectivity index (χ1n) is 7.92. The van der Waals surface area contributed by atoms with E-state index in [2.05, 4.69) is 10.6 Å². The van der Waals surface area contributed by atoms with Crippen molar-refractivity contribution in [3.8, 4) is 0 Å². The van der Waals surface area contributed by atoms with E-state index in [0.29, 0.717) is 29.7 Å². The Labute approximate surface area is 151 Å². The average Bonchev–Trinajstić information content (AvgIpc) is 2.58. The lowest BCUT2D eigenvalue weighted by Gasteiger charge is -2.11. The summed E-state index contributed by atoms with van der Waals surface area (Å²) >= 11 is 6.09. The lowest BCUT2D eigenvalue weighted by molar-refractivity contribution is -0.384. The minimum atomic E-state index is -0.506. The Kier molecular flexibility index (Phi) is 6.36. The molecular formula is C18H20ClN3O3. The van der Waals surface area contributed by atoms with Gasteiger partial charge < -0.3 is 10.6 Å². The highest BCUT2D eigenvalue weighted by Gasteiger charge is 2.17. The second kappa shape index (κ2) is 8.48. The van der Waals surface area contributed by atoms with Gasteiger partial charge in [0.1, 0.15) is 5.69 Å². The van der Waals surface area contributed by atoms with Gasteiger partial charge in [-0.2, -0.15) is 0 Å². The van der Waals surface area contributed by atoms with Crippen LogP contribution in [0.25, 0.3) is 0 Å². The summed E-state index contributed by atoms with van der Waals surface area (Å²) in [5.74, 6) is -0.0232. The number of halogens is 1. The minimum Gasteiger partial charge on any atom is -0.375 e. The molecule has 6 nitrogen and oxygen atoms in total. The van der Waals surface area contributed by atoms with Crippen molar-refractivity contribution in [2.45, 2.75) is 20.4 Å². The summed E-state index contributed by atoms with van der Waals surface area (Å²) in [6.07, 6.45) is 0. The number of nitrogens with zero attached hydrogens (tertiary/aromatic N) is 1. The molecule has 132 valence electrons. The Morgan fingerprint density at radius 2 is 1.96 bits per heavy atom. The zero-order valence-corrected chi connectivity index (χ0v) is 14.8. The number of nitrogens with one attached hydrogen (secondary N) is 2. The van der Waals surface area contributed by atoms with E-state index in [1.165, 1.54) is 6.07 Å². The summed E-state index contributed by atoms with van der Waals surface area (Å²) in [6, 6.07) is 11.7. The van der Waals surface area contributed by atoms with Gasteiger partial charge in [-0.1, -0.05) is 43.6 Å². The Morgan fingerprint density at radius 1 is 1.24 bits per heavy atom. The number of carbonyl (C=O) groups is 1. The normalized spacial score (nSPS) is 10.6. The van der Waals surface area contributed by atoms with Crippen LogP contribution in [0.15, 0.2) is 42.5 Å². The van der Waals surface area contributed by atoms with Crippen LogP contribution in [-0.2, 0) is 6.54 Å². The fraction of sp³-hybridized carbons (Fsp3) is 0.278. The molecule has 0 bridgehead atoms. The van der Waals surface area contributed by atoms with Gasteiger partial charge in [-0.05, 0) is 29.7 Å². The summed E-state index contributed by atoms with van der Waals surface area (Å²) in [6.45, 7) is 4.81. The van der Waals surface area contributed by atoms with Crippen molar-refractivity contribution in [3.63, 3.8) is 0 Å². The molecule has 25 heavy (non-hydrogen) atoms. The second-order valence-electron chi connectivity index (χ2n) is 6.04. The number of anilines is 1. The predicted molar refractivity (Wildman–Crippen MR) is 99.0 cm³/mol. The largest absolute Gasteiger partial charge is 0.375 e. The maximum absolute atomic E-state index is 12.1. The smallest absolute Gasteiger partial charge is 0.293 e. The summed E-state index contributed by atoms with van der Waals surface area (Å²) in [7, 11) is 0. The fourth-order valence-electron chi connectivity index (χ4n) is 2.20. The highest BCUT2D eigenvalue weighted by atomic mass is 35.5. The molecule has 0 saturated heterocycles. The molecule has 0 atom stereocenters. The first-order chi connectivity index (χ1) is 11.9. The lowest BCUT2D eigenvalue weighted by atomic mass is 10.1. The number of amides is 1. The molecule has 0 aliphatic carbocycles. The van der Waals surface area contributed by atoms with Crippen LogP contribution >= 0.6 is 11.6 Å². The molecule has 0 saturated carbocycles. The Balaban J connectivity index is 2.17. The zero-order valence-electron chi connectivity index (χ0n) is 14.1. The van der Waals surface area contributed by atoms with E-state index < -0.39 is 4.92 Å². The first kappa shape index (κ1) is 18.7. The van der Waals surface area contributed by atoms with Gasteiger partial charge in [0.15, 0.2) is 0 Å². The molecule has 7 heteroatoms. The van der Waals surface area contributed by atoms with Gasteiger partial charge in [-0.25, -0.2) is 0 Å². The second-order valence-corrected chi connectivity index (χ2v) is 6.45. The van der Waals surface area contributed by atoms with Gasteiger partial charge >= 0.3 is 0 Å². The lowest BCUT2D eigenvalue weighted by Crippen LogP contribution is -2.27. The molecule has 0 aliphatic rings. The quantitative estimate of drug-likeness (QED) is 0.570. The molecule has 1 amide bonds. The van der Waals surface area contributed by atoms with Crippen molar-refractivity contribution in [3.05, 3.63) is 68.7 Å². The third-order valence-corrected chi connectivity index (χ3v) is 3.92. The summed E-state index contributed by atoms with van der Waals surface area (Å²) in [4.78, 5) is 22.9. The number of nitro benzene ring substituents is 1. The van der Waals surface area contributed by atoms with Crippen molar-refractivity contribution >= 4 is 28.9 Å². The van der Waals surface area contributed by atoms with Crippen LogP contribution in [-0.4, -0.2) is 17.4 Å². The number of carbonyl (C=O) groups excluding carboxylic acids is 1. The monoisotopic (exact) mass is 361 g/mol. The molecule has 2 rings (SSSR count). The van der Waals surface area contributed by atoms with Crippen molar-refractivity contribution in [2.24, 2.45) is 5.92 Å². The topological polar surface area (TPSA) is 84.3 Å². The highest BCUT2D eigenvalue weighted by molar-refractivity contribution is 6.31. The number of rotatable bonds is 7. The molecule has 0 spiro atoms. The van der Waals surface area contributed by atoms with Crippen LogP contribution in [0, 0.1) is 16.0 Å². The van der Waals surface area contributed by atoms with Crippen LogP contribution in [0.2, 0.25) is 5.02 Å². The molecule has 0 aliphatic heterocycles. The van der Waals surface area contributed by atoms with E-state index in [0.717, 1.165) is 5.56 Å². The third-order valence-electron chi connectivity index (χ3n) is 3.55. The zero-order chi connectivity index (χ0) is 18.4. The van der Waals surface area contributed by atoms with Gasteiger partial charge in [-0.3, -0.25) is 14.9 Å². The molecule has 0 radical (unpaired) electrons.